The van der Waals surface area contributed by atoms with Crippen LogP contribution in [-0.4, -0.2) is 28.4 Å². The summed E-state index contributed by atoms with van der Waals surface area (Å²) < 4.78 is 40.2. The molecule has 0 unspecified atom stereocenters. The van der Waals surface area contributed by atoms with Gasteiger partial charge in [-0.05, 0) is 0 Å². The van der Waals surface area contributed by atoms with Crippen LogP contribution in [-0.2, 0) is 15.0 Å². The highest BCUT2D eigenvalue weighted by atomic mass is 32.3. The smallest absolute Gasteiger partial charge is 0.394 e. The third-order valence-corrected chi connectivity index (χ3v) is 0. The number of carbonyl (C=O) groups is 1. The number of nitrogens with two attached hydrogens (primary N) is 2. The first-order chi connectivity index (χ1) is 5.73. The topological polar surface area (TPSA) is 335 Å². The van der Waals surface area contributed by atoms with Crippen molar-refractivity contribution in [2.45, 2.75) is 0 Å². The van der Waals surface area contributed by atoms with Crippen LogP contribution in [0, 0.1) is 0 Å². The molecule has 0 aromatic carbocycles. The third kappa shape index (κ3) is 3450. The molecule has 18 N–H and O–H groups in total. The van der Waals surface area contributed by atoms with E-state index in [1.54, 1.807) is 0 Å². The number of urea groups is 1. The molecule has 0 aromatic rings. The lowest BCUT2D eigenvalue weighted by atomic mass is 11.2. The number of amides is 2. The molecule has 0 heterocycles. The second kappa shape index (κ2) is 15.1. The monoisotopic (exact) mass is 307 g/mol. The molecule has 16 heteroatoms. The summed E-state index contributed by atoms with van der Waals surface area (Å²) in [5.74, 6) is 0. The van der Waals surface area contributed by atoms with Crippen LogP contribution in [0.5, 0.6) is 0 Å². The van der Waals surface area contributed by atoms with Crippen LogP contribution in [0.3, 0.4) is 0 Å². The molecule has 0 rings (SSSR count). The first-order valence-electron chi connectivity index (χ1n) is 2.23. The molecular formula is CH18N5O9PS. The van der Waals surface area contributed by atoms with Crippen molar-refractivity contribution in [2.75, 3.05) is 0 Å². The molecule has 0 radical (unpaired) electrons. The number of quaternary nitrogens is 2. The molecule has 0 aliphatic rings. The number of hydrogen-bond acceptors (Lipinski definition) is 7. The van der Waals surface area contributed by atoms with Gasteiger partial charge in [0.05, 0.1) is 7.82 Å². The zero-order valence-electron chi connectivity index (χ0n) is 9.01. The minimum absolute atomic E-state index is 0. The Kier molecular flexibility index (Phi) is 32.0. The summed E-state index contributed by atoms with van der Waals surface area (Å²) in [4.78, 5) is 33.3. The lowest BCUT2D eigenvalue weighted by Gasteiger charge is -2.19. The van der Waals surface area contributed by atoms with Crippen LogP contribution in [0.15, 0.2) is 0 Å². The Morgan fingerprint density at radius 2 is 1.12 bits per heavy atom. The molecule has 0 atom stereocenters. The van der Waals surface area contributed by atoms with Crippen molar-refractivity contribution < 1.29 is 41.6 Å². The van der Waals surface area contributed by atoms with Gasteiger partial charge in [0.2, 0.25) is 0 Å². The molecule has 0 fully saturated rings. The number of primary amides is 2. The summed E-state index contributed by atoms with van der Waals surface area (Å²) in [5, 5.41) is 0. The number of rotatable bonds is 0. The molecule has 0 aliphatic carbocycles. The van der Waals surface area contributed by atoms with Gasteiger partial charge in [-0.15, -0.1) is 0 Å². The van der Waals surface area contributed by atoms with Gasteiger partial charge in [0.1, 0.15) is 0 Å². The van der Waals surface area contributed by atoms with Crippen LogP contribution in [0.1, 0.15) is 0 Å². The van der Waals surface area contributed by atoms with Gasteiger partial charge in [-0.25, -0.2) is 4.79 Å². The minimum Gasteiger partial charge on any atom is -0.790 e. The molecular weight excluding hydrogens is 289 g/mol. The lowest BCUT2D eigenvalue weighted by molar-refractivity contribution is -0.337. The van der Waals surface area contributed by atoms with E-state index in [0.29, 0.717) is 0 Å². The highest BCUT2D eigenvalue weighted by Crippen LogP contribution is 2.11. The molecule has 0 aliphatic heterocycles. The maximum Gasteiger partial charge on any atom is 0.394 e. The highest BCUT2D eigenvalue weighted by Gasteiger charge is 1.84. The van der Waals surface area contributed by atoms with Crippen molar-refractivity contribution in [3.05, 3.63) is 0 Å². The molecule has 2 amide bonds. The predicted molar refractivity (Wildman–Crippen MR) is 54.8 cm³/mol. The van der Waals surface area contributed by atoms with Crippen molar-refractivity contribution in [2.24, 2.45) is 11.5 Å². The maximum absolute atomic E-state index is 9.00. The first kappa shape index (κ1) is 36.0. The van der Waals surface area contributed by atoms with Crippen LogP contribution < -0.4 is 39.7 Å². The third-order valence-electron chi connectivity index (χ3n) is 0. The van der Waals surface area contributed by atoms with E-state index < -0.39 is 24.3 Å². The zero-order valence-corrected chi connectivity index (χ0v) is 10.7. The van der Waals surface area contributed by atoms with Gasteiger partial charge in [-0.2, -0.15) is 8.42 Å². The van der Waals surface area contributed by atoms with Crippen molar-refractivity contribution in [3.8, 4) is 0 Å². The molecule has 14 nitrogen and oxygen atoms in total. The second-order valence-corrected chi connectivity index (χ2v) is 3.15. The quantitative estimate of drug-likeness (QED) is 0.166. The normalized spacial score (nSPS) is 8.29. The standard InChI is InChI=1S/CH4N2O.3H3N.H3O4P.H2O4S/c2-1(3)4;;;;2*1-5(2,3)4/h(H4,2,3,4);3*1H3;(H3,1,2,3,4);(H2,1,2,3,4). The molecule has 0 aromatic heterocycles. The SMILES string of the molecule is N.NC(N)=O.O=P([O-])([O-])O.O=S(=O)(O)O.[NH4+].[NH4+]. The molecule has 17 heavy (non-hydrogen) atoms. The minimum atomic E-state index is -5.14. The van der Waals surface area contributed by atoms with Crippen molar-refractivity contribution >= 4 is 24.3 Å². The molecule has 0 saturated carbocycles. The van der Waals surface area contributed by atoms with Crippen molar-refractivity contribution in [1.82, 2.24) is 18.5 Å². The molecule has 0 spiro atoms. The average Bonchev–Trinajstić information content (AvgIpc) is 1.45. The number of phosphoric acid groups is 1. The van der Waals surface area contributed by atoms with E-state index in [4.69, 9.17) is 41.6 Å². The summed E-state index contributed by atoms with van der Waals surface area (Å²) >= 11 is 0. The van der Waals surface area contributed by atoms with E-state index in [2.05, 4.69) is 11.5 Å². The molecule has 0 saturated heterocycles. The van der Waals surface area contributed by atoms with E-state index in [1.807, 2.05) is 0 Å². The fraction of sp³-hybridized carbons (Fsp3) is 0. The van der Waals surface area contributed by atoms with Gasteiger partial charge in [0, 0.05) is 0 Å². The number of carbonyl (C=O) groups excluding carboxylic acids is 1. The van der Waals surface area contributed by atoms with Crippen LogP contribution in [0.25, 0.3) is 0 Å². The first-order valence-corrected chi connectivity index (χ1v) is 5.12. The van der Waals surface area contributed by atoms with Gasteiger partial charge < -0.3 is 49.2 Å². The van der Waals surface area contributed by atoms with Gasteiger partial charge in [0.25, 0.3) is 0 Å². The van der Waals surface area contributed by atoms with Gasteiger partial charge in [-0.1, -0.05) is 0 Å². The van der Waals surface area contributed by atoms with E-state index >= 15 is 0 Å². The Hall–Kier alpha value is -0.870. The highest BCUT2D eigenvalue weighted by molar-refractivity contribution is 7.79. The Labute approximate surface area is 96.6 Å². The predicted octanol–water partition coefficient (Wildman–Crippen LogP) is -2.91. The fourth-order valence-electron chi connectivity index (χ4n) is 0. The van der Waals surface area contributed by atoms with E-state index in [1.165, 1.54) is 0 Å². The van der Waals surface area contributed by atoms with Crippen LogP contribution in [0.4, 0.5) is 4.79 Å². The lowest BCUT2D eigenvalue weighted by Crippen LogP contribution is -2.18. The Balaban J connectivity index is -0.0000000247. The van der Waals surface area contributed by atoms with Gasteiger partial charge in [-0.3, -0.25) is 9.11 Å². The molecule has 0 bridgehead atoms. The van der Waals surface area contributed by atoms with E-state index in [0.717, 1.165) is 0 Å². The van der Waals surface area contributed by atoms with Crippen LogP contribution >= 0.6 is 7.82 Å². The summed E-state index contributed by atoms with van der Waals surface area (Å²) in [7, 11) is -9.81. The van der Waals surface area contributed by atoms with Crippen molar-refractivity contribution in [1.29, 1.82) is 0 Å². The Bertz CT molecular complexity index is 274. The van der Waals surface area contributed by atoms with Gasteiger partial charge in [0.15, 0.2) is 0 Å². The van der Waals surface area contributed by atoms with Gasteiger partial charge >= 0.3 is 16.4 Å². The fourth-order valence-corrected chi connectivity index (χ4v) is 0. The van der Waals surface area contributed by atoms with Crippen LogP contribution in [0.2, 0.25) is 0 Å². The Morgan fingerprint density at radius 1 is 1.12 bits per heavy atom. The maximum atomic E-state index is 9.00. The Morgan fingerprint density at radius 3 is 1.12 bits per heavy atom. The zero-order chi connectivity index (χ0) is 12.6. The second-order valence-electron chi connectivity index (χ2n) is 1.32. The summed E-state index contributed by atoms with van der Waals surface area (Å²) in [6, 6.07) is -0.833. The number of hydrogen-bond donors (Lipinski definition) is 8. The average molecular weight is 307 g/mol. The van der Waals surface area contributed by atoms with Crippen molar-refractivity contribution in [3.63, 3.8) is 0 Å². The largest absolute Gasteiger partial charge is 0.790 e. The summed E-state index contributed by atoms with van der Waals surface area (Å²) in [6.45, 7) is 0. The van der Waals surface area contributed by atoms with E-state index in [-0.39, 0.29) is 18.5 Å². The summed E-state index contributed by atoms with van der Waals surface area (Å²) in [5.41, 5.74) is 8.50. The summed E-state index contributed by atoms with van der Waals surface area (Å²) in [6.07, 6.45) is 0. The van der Waals surface area contributed by atoms with E-state index in [9.17, 15) is 0 Å². The molecule has 112 valence electrons.